The van der Waals surface area contributed by atoms with Crippen molar-refractivity contribution in [1.82, 2.24) is 9.55 Å². The molecule has 1 atom stereocenters. The third-order valence-corrected chi connectivity index (χ3v) is 4.09. The van der Waals surface area contributed by atoms with Gasteiger partial charge in [-0.15, -0.1) is 0 Å². The fraction of sp³-hybridized carbons (Fsp3) is 0.438. The van der Waals surface area contributed by atoms with Gasteiger partial charge in [0.1, 0.15) is 0 Å². The molecule has 0 spiro atoms. The first kappa shape index (κ1) is 16.3. The quantitative estimate of drug-likeness (QED) is 0.685. The number of aromatic nitrogens is 2. The normalized spacial score (nSPS) is 12.5. The molecule has 2 aromatic rings. The molecule has 2 rings (SSSR count). The van der Waals surface area contributed by atoms with Gasteiger partial charge in [-0.25, -0.2) is 4.98 Å². The minimum Gasteiger partial charge on any atom is -0.373 e. The molecule has 0 fully saturated rings. The van der Waals surface area contributed by atoms with E-state index in [1.807, 2.05) is 30.7 Å². The lowest BCUT2D eigenvalue weighted by molar-refractivity contribution is 0.0263. The zero-order chi connectivity index (χ0) is 15.1. The molecular formula is C16H20Cl2N2O. The number of rotatable bonds is 8. The van der Waals surface area contributed by atoms with Gasteiger partial charge in [-0.2, -0.15) is 0 Å². The van der Waals surface area contributed by atoms with E-state index in [1.54, 1.807) is 6.20 Å². The van der Waals surface area contributed by atoms with Gasteiger partial charge >= 0.3 is 0 Å². The zero-order valence-electron chi connectivity index (χ0n) is 12.1. The molecule has 3 nitrogen and oxygen atoms in total. The Morgan fingerprint density at radius 2 is 2.10 bits per heavy atom. The minimum absolute atomic E-state index is 0.242. The van der Waals surface area contributed by atoms with E-state index in [-0.39, 0.29) is 6.10 Å². The van der Waals surface area contributed by atoms with Crippen molar-refractivity contribution < 1.29 is 4.74 Å². The van der Waals surface area contributed by atoms with Crippen LogP contribution in [0, 0.1) is 0 Å². The molecular weight excluding hydrogens is 307 g/mol. The maximum absolute atomic E-state index is 6.03. The number of ether oxygens (including phenoxy) is 1. The summed E-state index contributed by atoms with van der Waals surface area (Å²) in [5.74, 6) is 0. The molecule has 0 N–H and O–H groups in total. The second-order valence-corrected chi connectivity index (χ2v) is 5.87. The van der Waals surface area contributed by atoms with Gasteiger partial charge in [0.15, 0.2) is 0 Å². The summed E-state index contributed by atoms with van der Waals surface area (Å²) in [7, 11) is 0. The van der Waals surface area contributed by atoms with Crippen molar-refractivity contribution in [2.24, 2.45) is 0 Å². The average Bonchev–Trinajstić information content (AvgIpc) is 2.99. The highest BCUT2D eigenvalue weighted by atomic mass is 35.5. The van der Waals surface area contributed by atoms with Crippen LogP contribution >= 0.6 is 23.2 Å². The maximum Gasteiger partial charge on any atom is 0.0945 e. The lowest BCUT2D eigenvalue weighted by Crippen LogP contribution is -2.15. The van der Waals surface area contributed by atoms with Gasteiger partial charge in [0, 0.05) is 18.9 Å². The van der Waals surface area contributed by atoms with Crippen LogP contribution in [0.5, 0.6) is 0 Å². The van der Waals surface area contributed by atoms with E-state index in [0.29, 0.717) is 16.7 Å². The Morgan fingerprint density at radius 3 is 2.76 bits per heavy atom. The van der Waals surface area contributed by atoms with Crippen LogP contribution in [0.3, 0.4) is 0 Å². The van der Waals surface area contributed by atoms with Gasteiger partial charge in [0.25, 0.3) is 0 Å². The first-order valence-electron chi connectivity index (χ1n) is 7.20. The lowest BCUT2D eigenvalue weighted by Gasteiger charge is -2.18. The highest BCUT2D eigenvalue weighted by molar-refractivity contribution is 6.42. The van der Waals surface area contributed by atoms with Crippen LogP contribution in [-0.4, -0.2) is 15.7 Å². The summed E-state index contributed by atoms with van der Waals surface area (Å²) in [6, 6.07) is 5.62. The van der Waals surface area contributed by atoms with Crippen molar-refractivity contribution in [2.75, 3.05) is 0 Å². The Labute approximate surface area is 135 Å². The molecule has 0 bridgehead atoms. The van der Waals surface area contributed by atoms with Crippen molar-refractivity contribution >= 4 is 23.2 Å². The molecule has 5 heteroatoms. The van der Waals surface area contributed by atoms with Crippen molar-refractivity contribution in [3.63, 3.8) is 0 Å². The molecule has 0 aliphatic rings. The Bertz CT molecular complexity index is 543. The number of aryl methyl sites for hydroxylation is 1. The lowest BCUT2D eigenvalue weighted by atomic mass is 10.1. The Hall–Kier alpha value is -1.03. The SMILES string of the molecule is CCCC(CCn1ccnc1)OCc1ccc(Cl)c(Cl)c1. The first-order valence-corrected chi connectivity index (χ1v) is 7.96. The number of halogens is 2. The smallest absolute Gasteiger partial charge is 0.0945 e. The molecule has 0 radical (unpaired) electrons. The van der Waals surface area contributed by atoms with Gasteiger partial charge in [0.2, 0.25) is 0 Å². The Kier molecular flexibility index (Phi) is 6.55. The van der Waals surface area contributed by atoms with E-state index in [0.717, 1.165) is 31.4 Å². The standard InChI is InChI=1S/C16H20Cl2N2O/c1-2-3-14(6-8-20-9-7-19-12-20)21-11-13-4-5-15(17)16(18)10-13/h4-5,7,9-10,12,14H,2-3,6,8,11H2,1H3. The predicted octanol–water partition coefficient (Wildman–Crippen LogP) is 4.97. The molecule has 0 saturated heterocycles. The van der Waals surface area contributed by atoms with Gasteiger partial charge in [-0.05, 0) is 30.5 Å². The second-order valence-electron chi connectivity index (χ2n) is 5.06. The summed E-state index contributed by atoms with van der Waals surface area (Å²) >= 11 is 11.9. The second kappa shape index (κ2) is 8.42. The summed E-state index contributed by atoms with van der Waals surface area (Å²) < 4.78 is 8.10. The van der Waals surface area contributed by atoms with Gasteiger partial charge in [-0.3, -0.25) is 0 Å². The fourth-order valence-electron chi connectivity index (χ4n) is 2.19. The molecule has 21 heavy (non-hydrogen) atoms. The molecule has 1 aromatic heterocycles. The third-order valence-electron chi connectivity index (χ3n) is 3.35. The minimum atomic E-state index is 0.242. The van der Waals surface area contributed by atoms with Crippen molar-refractivity contribution in [2.45, 2.75) is 45.4 Å². The summed E-state index contributed by atoms with van der Waals surface area (Å²) in [5, 5.41) is 1.15. The molecule has 1 unspecified atom stereocenters. The number of hydrogen-bond acceptors (Lipinski definition) is 2. The predicted molar refractivity (Wildman–Crippen MR) is 86.8 cm³/mol. The van der Waals surface area contributed by atoms with Crippen LogP contribution in [0.4, 0.5) is 0 Å². The van der Waals surface area contributed by atoms with Gasteiger partial charge < -0.3 is 9.30 Å². The number of benzene rings is 1. The highest BCUT2D eigenvalue weighted by Gasteiger charge is 2.09. The van der Waals surface area contributed by atoms with Crippen LogP contribution in [-0.2, 0) is 17.9 Å². The molecule has 1 heterocycles. The van der Waals surface area contributed by atoms with E-state index < -0.39 is 0 Å². The largest absolute Gasteiger partial charge is 0.373 e. The van der Waals surface area contributed by atoms with Crippen LogP contribution in [0.15, 0.2) is 36.9 Å². The third kappa shape index (κ3) is 5.34. The summed E-state index contributed by atoms with van der Waals surface area (Å²) in [6.45, 7) is 3.66. The molecule has 0 aliphatic heterocycles. The summed E-state index contributed by atoms with van der Waals surface area (Å²) in [4.78, 5) is 4.05. The highest BCUT2D eigenvalue weighted by Crippen LogP contribution is 2.23. The molecule has 1 aromatic carbocycles. The Morgan fingerprint density at radius 1 is 1.24 bits per heavy atom. The van der Waals surface area contributed by atoms with Crippen molar-refractivity contribution in [3.05, 3.63) is 52.5 Å². The van der Waals surface area contributed by atoms with E-state index in [2.05, 4.69) is 16.5 Å². The maximum atomic E-state index is 6.03. The average molecular weight is 327 g/mol. The number of hydrogen-bond donors (Lipinski definition) is 0. The van der Waals surface area contributed by atoms with Crippen LogP contribution in [0.1, 0.15) is 31.7 Å². The molecule has 0 aliphatic carbocycles. The van der Waals surface area contributed by atoms with Gasteiger partial charge in [0.05, 0.1) is 29.1 Å². The summed E-state index contributed by atoms with van der Waals surface area (Å²) in [5.41, 5.74) is 1.05. The Balaban J connectivity index is 1.85. The van der Waals surface area contributed by atoms with Crippen LogP contribution in [0.2, 0.25) is 10.0 Å². The van der Waals surface area contributed by atoms with E-state index in [4.69, 9.17) is 27.9 Å². The van der Waals surface area contributed by atoms with E-state index >= 15 is 0 Å². The number of nitrogens with zero attached hydrogens (tertiary/aromatic N) is 2. The molecule has 0 amide bonds. The van der Waals surface area contributed by atoms with E-state index in [1.165, 1.54) is 0 Å². The van der Waals surface area contributed by atoms with E-state index in [9.17, 15) is 0 Å². The van der Waals surface area contributed by atoms with Gasteiger partial charge in [-0.1, -0.05) is 42.6 Å². The zero-order valence-corrected chi connectivity index (χ0v) is 13.6. The fourth-order valence-corrected chi connectivity index (χ4v) is 2.51. The monoisotopic (exact) mass is 326 g/mol. The first-order chi connectivity index (χ1) is 10.2. The van der Waals surface area contributed by atoms with Crippen LogP contribution < -0.4 is 0 Å². The summed E-state index contributed by atoms with van der Waals surface area (Å²) in [6.07, 6.45) is 8.99. The topological polar surface area (TPSA) is 27.1 Å². The van der Waals surface area contributed by atoms with Crippen molar-refractivity contribution in [1.29, 1.82) is 0 Å². The van der Waals surface area contributed by atoms with Crippen molar-refractivity contribution in [3.8, 4) is 0 Å². The number of imidazole rings is 1. The van der Waals surface area contributed by atoms with Crippen LogP contribution in [0.25, 0.3) is 0 Å². The molecule has 0 saturated carbocycles. The molecule has 114 valence electrons.